The van der Waals surface area contributed by atoms with Crippen molar-refractivity contribution in [2.75, 3.05) is 5.75 Å². The van der Waals surface area contributed by atoms with Gasteiger partial charge in [-0.15, -0.1) is 11.3 Å². The summed E-state index contributed by atoms with van der Waals surface area (Å²) in [6.07, 6.45) is 1.95. The first-order valence-corrected chi connectivity index (χ1v) is 10.5. The minimum Gasteiger partial charge on any atom is -0.368 e. The van der Waals surface area contributed by atoms with Crippen molar-refractivity contribution in [3.8, 4) is 0 Å². The monoisotopic (exact) mass is 351 g/mol. The third-order valence-corrected chi connectivity index (χ3v) is 9.14. The smallest absolute Gasteiger partial charge is 0.210 e. The first-order valence-electron chi connectivity index (χ1n) is 8.02. The third-order valence-electron chi connectivity index (χ3n) is 5.87. The molecular formula is C17H21NO3S2. The third kappa shape index (κ3) is 2.26. The van der Waals surface area contributed by atoms with Crippen LogP contribution in [-0.2, 0) is 14.6 Å². The van der Waals surface area contributed by atoms with Crippen LogP contribution in [-0.4, -0.2) is 30.4 Å². The van der Waals surface area contributed by atoms with Gasteiger partial charge < -0.3 is 4.74 Å². The number of sulfone groups is 1. The van der Waals surface area contributed by atoms with Crippen molar-refractivity contribution in [1.82, 2.24) is 4.98 Å². The summed E-state index contributed by atoms with van der Waals surface area (Å²) >= 11 is 1.27. The number of nitrogens with zero attached hydrogens (tertiary/aromatic N) is 1. The van der Waals surface area contributed by atoms with Crippen molar-refractivity contribution >= 4 is 31.4 Å². The average Bonchev–Trinajstić information content (AvgIpc) is 3.11. The summed E-state index contributed by atoms with van der Waals surface area (Å²) < 4.78 is 33.2. The highest BCUT2D eigenvalue weighted by molar-refractivity contribution is 7.93. The maximum absolute atomic E-state index is 12.9. The number of hydrogen-bond acceptors (Lipinski definition) is 5. The summed E-state index contributed by atoms with van der Waals surface area (Å²) in [6.45, 7) is 6.32. The molecule has 3 heterocycles. The SMILES string of the molecule is C[C@@H]1[C@@H](CS(=O)(=O)c2nc3ccccc3s2)[C@@]2(C)CC[C@]1(C)O2. The van der Waals surface area contributed by atoms with Crippen molar-refractivity contribution in [3.05, 3.63) is 24.3 Å². The molecule has 2 bridgehead atoms. The van der Waals surface area contributed by atoms with E-state index in [4.69, 9.17) is 4.74 Å². The van der Waals surface area contributed by atoms with Crippen LogP contribution in [0.4, 0.5) is 0 Å². The van der Waals surface area contributed by atoms with Gasteiger partial charge in [0.2, 0.25) is 14.2 Å². The van der Waals surface area contributed by atoms with Gasteiger partial charge in [0.15, 0.2) is 0 Å². The largest absolute Gasteiger partial charge is 0.368 e. The topological polar surface area (TPSA) is 56.3 Å². The van der Waals surface area contributed by atoms with Crippen LogP contribution in [0.2, 0.25) is 0 Å². The Morgan fingerprint density at radius 1 is 1.26 bits per heavy atom. The second kappa shape index (κ2) is 4.77. The molecule has 2 fully saturated rings. The van der Waals surface area contributed by atoms with Gasteiger partial charge in [-0.2, -0.15) is 0 Å². The van der Waals surface area contributed by atoms with E-state index in [1.54, 1.807) is 0 Å². The molecule has 0 saturated carbocycles. The molecule has 0 spiro atoms. The highest BCUT2D eigenvalue weighted by Gasteiger charge is 2.61. The van der Waals surface area contributed by atoms with Crippen LogP contribution in [0, 0.1) is 11.8 Å². The Morgan fingerprint density at radius 2 is 1.96 bits per heavy atom. The molecule has 0 unspecified atom stereocenters. The molecule has 124 valence electrons. The van der Waals surface area contributed by atoms with Gasteiger partial charge in [-0.25, -0.2) is 13.4 Å². The fraction of sp³-hybridized carbons (Fsp3) is 0.588. The number of hydrogen-bond donors (Lipinski definition) is 0. The average molecular weight is 351 g/mol. The molecule has 4 rings (SSSR count). The molecule has 0 amide bonds. The number of aromatic nitrogens is 1. The van der Waals surface area contributed by atoms with E-state index < -0.39 is 9.84 Å². The lowest BCUT2D eigenvalue weighted by atomic mass is 9.69. The van der Waals surface area contributed by atoms with E-state index in [1.807, 2.05) is 24.3 Å². The van der Waals surface area contributed by atoms with E-state index in [9.17, 15) is 8.42 Å². The number of thiazole rings is 1. The van der Waals surface area contributed by atoms with Crippen LogP contribution in [0.1, 0.15) is 33.6 Å². The number of fused-ring (bicyclic) bond motifs is 3. The number of para-hydroxylation sites is 1. The molecule has 4 nitrogen and oxygen atoms in total. The molecule has 0 radical (unpaired) electrons. The summed E-state index contributed by atoms with van der Waals surface area (Å²) in [5, 5.41) is 0. The quantitative estimate of drug-likeness (QED) is 0.847. The van der Waals surface area contributed by atoms with E-state index in [0.717, 1.165) is 23.1 Å². The molecule has 2 aliphatic heterocycles. The van der Waals surface area contributed by atoms with Crippen LogP contribution >= 0.6 is 11.3 Å². The lowest BCUT2D eigenvalue weighted by molar-refractivity contribution is -0.0409. The molecule has 0 N–H and O–H groups in total. The van der Waals surface area contributed by atoms with Gasteiger partial charge in [-0.05, 0) is 44.7 Å². The van der Waals surface area contributed by atoms with Crippen molar-refractivity contribution in [2.45, 2.75) is 49.2 Å². The van der Waals surface area contributed by atoms with Crippen LogP contribution in [0.5, 0.6) is 0 Å². The van der Waals surface area contributed by atoms with Crippen LogP contribution in [0.25, 0.3) is 10.2 Å². The molecule has 4 atom stereocenters. The normalized spacial score (nSPS) is 36.8. The molecule has 1 aromatic carbocycles. The highest BCUT2D eigenvalue weighted by atomic mass is 32.2. The molecular weight excluding hydrogens is 330 g/mol. The van der Waals surface area contributed by atoms with E-state index in [0.29, 0.717) is 0 Å². The van der Waals surface area contributed by atoms with Gasteiger partial charge >= 0.3 is 0 Å². The molecule has 2 aromatic rings. The van der Waals surface area contributed by atoms with Crippen LogP contribution in [0.15, 0.2) is 28.6 Å². The van der Waals surface area contributed by atoms with Crippen molar-refractivity contribution < 1.29 is 13.2 Å². The number of ether oxygens (including phenoxy) is 1. The summed E-state index contributed by atoms with van der Waals surface area (Å²) in [6, 6.07) is 7.56. The molecule has 1 aromatic heterocycles. The first kappa shape index (κ1) is 15.5. The lowest BCUT2D eigenvalue weighted by Gasteiger charge is -2.33. The zero-order valence-corrected chi connectivity index (χ0v) is 15.2. The lowest BCUT2D eigenvalue weighted by Crippen LogP contribution is -2.40. The second-order valence-electron chi connectivity index (χ2n) is 7.35. The Morgan fingerprint density at radius 3 is 2.61 bits per heavy atom. The van der Waals surface area contributed by atoms with E-state index in [1.165, 1.54) is 11.3 Å². The zero-order valence-electron chi connectivity index (χ0n) is 13.6. The van der Waals surface area contributed by atoms with Gasteiger partial charge in [-0.3, -0.25) is 0 Å². The Balaban J connectivity index is 1.68. The summed E-state index contributed by atoms with van der Waals surface area (Å²) in [5.41, 5.74) is 0.256. The zero-order chi connectivity index (χ0) is 16.5. The molecule has 6 heteroatoms. The maximum atomic E-state index is 12.9. The van der Waals surface area contributed by atoms with Gasteiger partial charge in [0, 0.05) is 5.92 Å². The molecule has 23 heavy (non-hydrogen) atoms. The fourth-order valence-electron chi connectivity index (χ4n) is 4.28. The Kier molecular flexibility index (Phi) is 3.22. The van der Waals surface area contributed by atoms with Gasteiger partial charge in [0.05, 0.1) is 27.2 Å². The fourth-order valence-corrected chi connectivity index (χ4v) is 7.45. The van der Waals surface area contributed by atoms with Crippen LogP contribution < -0.4 is 0 Å². The minimum absolute atomic E-state index is 0.0262. The molecule has 2 saturated heterocycles. The highest BCUT2D eigenvalue weighted by Crippen LogP contribution is 2.57. The van der Waals surface area contributed by atoms with Crippen LogP contribution in [0.3, 0.4) is 0 Å². The predicted molar refractivity (Wildman–Crippen MR) is 91.5 cm³/mol. The van der Waals surface area contributed by atoms with Crippen molar-refractivity contribution in [3.63, 3.8) is 0 Å². The van der Waals surface area contributed by atoms with E-state index >= 15 is 0 Å². The van der Waals surface area contributed by atoms with Gasteiger partial charge in [-0.1, -0.05) is 19.1 Å². The van der Waals surface area contributed by atoms with E-state index in [-0.39, 0.29) is 33.1 Å². The van der Waals surface area contributed by atoms with Gasteiger partial charge in [0.25, 0.3) is 0 Å². The molecule has 2 aliphatic rings. The van der Waals surface area contributed by atoms with Crippen molar-refractivity contribution in [1.29, 1.82) is 0 Å². The maximum Gasteiger partial charge on any atom is 0.210 e. The number of benzene rings is 1. The standard InChI is InChI=1S/C17H21NO3S2/c1-11-12(17(3)9-8-16(11,2)21-17)10-23(19,20)15-18-13-6-4-5-7-14(13)22-15/h4-7,11-12H,8-10H2,1-3H3/t11-,12-,16+,17-/m1/s1. The summed E-state index contributed by atoms with van der Waals surface area (Å²) in [7, 11) is -3.40. The minimum atomic E-state index is -3.40. The van der Waals surface area contributed by atoms with E-state index in [2.05, 4.69) is 25.8 Å². The Labute approximate surface area is 140 Å². The molecule has 0 aliphatic carbocycles. The second-order valence-corrected chi connectivity index (χ2v) is 10.6. The Hall–Kier alpha value is -0.980. The van der Waals surface area contributed by atoms with Gasteiger partial charge in [0.1, 0.15) is 0 Å². The van der Waals surface area contributed by atoms with Crippen molar-refractivity contribution in [2.24, 2.45) is 11.8 Å². The predicted octanol–water partition coefficient (Wildman–Crippen LogP) is 3.66. The number of rotatable bonds is 3. The summed E-state index contributed by atoms with van der Waals surface area (Å²) in [4.78, 5) is 4.34. The first-order chi connectivity index (χ1) is 10.7. The Bertz CT molecular complexity index is 842. The summed E-state index contributed by atoms with van der Waals surface area (Å²) in [5.74, 6) is 0.392.